The standard InChI is InChI=1S/C14H23NO/c1-10(2)12-8-11(9-14(3,4)15)6-7-13(12)16-5/h6-8,10H,9,15H2,1-5H3. The molecule has 0 spiro atoms. The van der Waals surface area contributed by atoms with E-state index >= 15 is 0 Å². The van der Waals surface area contributed by atoms with Crippen molar-refractivity contribution in [3.8, 4) is 5.75 Å². The van der Waals surface area contributed by atoms with Crippen molar-refractivity contribution in [2.75, 3.05) is 7.11 Å². The SMILES string of the molecule is COc1ccc(CC(C)(C)N)cc1C(C)C. The summed E-state index contributed by atoms with van der Waals surface area (Å²) in [7, 11) is 1.72. The Morgan fingerprint density at radius 3 is 2.38 bits per heavy atom. The number of hydrogen-bond donors (Lipinski definition) is 1. The lowest BCUT2D eigenvalue weighted by Crippen LogP contribution is -2.34. The van der Waals surface area contributed by atoms with Gasteiger partial charge in [0.1, 0.15) is 5.75 Å². The van der Waals surface area contributed by atoms with Gasteiger partial charge in [-0.1, -0.05) is 26.0 Å². The maximum Gasteiger partial charge on any atom is 0.122 e. The van der Waals surface area contributed by atoms with Crippen LogP contribution in [0.5, 0.6) is 5.75 Å². The van der Waals surface area contributed by atoms with Crippen LogP contribution in [0.15, 0.2) is 18.2 Å². The summed E-state index contributed by atoms with van der Waals surface area (Å²) >= 11 is 0. The molecule has 2 N–H and O–H groups in total. The van der Waals surface area contributed by atoms with Crippen LogP contribution in [0.3, 0.4) is 0 Å². The first-order chi connectivity index (χ1) is 7.33. The minimum Gasteiger partial charge on any atom is -0.496 e. The fraction of sp³-hybridized carbons (Fsp3) is 0.571. The first-order valence-corrected chi connectivity index (χ1v) is 5.79. The third-order valence-corrected chi connectivity index (χ3v) is 2.58. The second-order valence-electron chi connectivity index (χ2n) is 5.40. The number of nitrogens with two attached hydrogens (primary N) is 1. The van der Waals surface area contributed by atoms with Gasteiger partial charge in [-0.3, -0.25) is 0 Å². The molecule has 0 aliphatic heterocycles. The number of hydrogen-bond acceptors (Lipinski definition) is 2. The summed E-state index contributed by atoms with van der Waals surface area (Å²) in [4.78, 5) is 0. The summed E-state index contributed by atoms with van der Waals surface area (Å²) in [6.45, 7) is 8.45. The van der Waals surface area contributed by atoms with E-state index in [0.717, 1.165) is 12.2 Å². The zero-order valence-corrected chi connectivity index (χ0v) is 11.0. The molecule has 0 bridgehead atoms. The molecule has 2 nitrogen and oxygen atoms in total. The quantitative estimate of drug-likeness (QED) is 0.848. The Bertz CT molecular complexity index is 350. The monoisotopic (exact) mass is 221 g/mol. The first-order valence-electron chi connectivity index (χ1n) is 5.79. The third-order valence-electron chi connectivity index (χ3n) is 2.58. The molecule has 0 heterocycles. The summed E-state index contributed by atoms with van der Waals surface area (Å²) in [6, 6.07) is 6.34. The molecular formula is C14H23NO. The molecule has 90 valence electrons. The van der Waals surface area contributed by atoms with Gasteiger partial charge in [-0.2, -0.15) is 0 Å². The minimum atomic E-state index is -0.164. The molecule has 16 heavy (non-hydrogen) atoms. The lowest BCUT2D eigenvalue weighted by atomic mass is 9.92. The van der Waals surface area contributed by atoms with Gasteiger partial charge in [0, 0.05) is 5.54 Å². The van der Waals surface area contributed by atoms with Gasteiger partial charge >= 0.3 is 0 Å². The Morgan fingerprint density at radius 1 is 1.31 bits per heavy atom. The molecule has 0 fully saturated rings. The highest BCUT2D eigenvalue weighted by Crippen LogP contribution is 2.28. The van der Waals surface area contributed by atoms with Gasteiger partial charge in [0.05, 0.1) is 7.11 Å². The van der Waals surface area contributed by atoms with Gasteiger partial charge in [-0.15, -0.1) is 0 Å². The molecule has 1 aromatic carbocycles. The first kappa shape index (κ1) is 13.0. The second kappa shape index (κ2) is 4.88. The third kappa shape index (κ3) is 3.53. The predicted molar refractivity (Wildman–Crippen MR) is 69.1 cm³/mol. The van der Waals surface area contributed by atoms with Gasteiger partial charge in [0.25, 0.3) is 0 Å². The van der Waals surface area contributed by atoms with Crippen molar-refractivity contribution in [3.63, 3.8) is 0 Å². The van der Waals surface area contributed by atoms with E-state index in [-0.39, 0.29) is 5.54 Å². The van der Waals surface area contributed by atoms with E-state index < -0.39 is 0 Å². The molecule has 1 aromatic rings. The molecule has 0 amide bonds. The van der Waals surface area contributed by atoms with Gasteiger partial charge in [0.15, 0.2) is 0 Å². The van der Waals surface area contributed by atoms with E-state index in [1.54, 1.807) is 7.11 Å². The zero-order valence-electron chi connectivity index (χ0n) is 11.0. The van der Waals surface area contributed by atoms with Crippen molar-refractivity contribution in [2.24, 2.45) is 5.73 Å². The molecule has 0 atom stereocenters. The Morgan fingerprint density at radius 2 is 1.94 bits per heavy atom. The summed E-state index contributed by atoms with van der Waals surface area (Å²) in [5.74, 6) is 1.43. The number of ether oxygens (including phenoxy) is 1. The second-order valence-corrected chi connectivity index (χ2v) is 5.40. The summed E-state index contributed by atoms with van der Waals surface area (Å²) in [5, 5.41) is 0. The summed E-state index contributed by atoms with van der Waals surface area (Å²) in [6.07, 6.45) is 0.886. The van der Waals surface area contributed by atoms with Gasteiger partial charge in [0.2, 0.25) is 0 Å². The normalized spacial score (nSPS) is 11.9. The molecule has 0 aliphatic rings. The van der Waals surface area contributed by atoms with E-state index in [9.17, 15) is 0 Å². The smallest absolute Gasteiger partial charge is 0.122 e. The highest BCUT2D eigenvalue weighted by Gasteiger charge is 2.14. The van der Waals surface area contributed by atoms with Crippen molar-refractivity contribution in [2.45, 2.75) is 45.6 Å². The van der Waals surface area contributed by atoms with E-state index in [1.165, 1.54) is 11.1 Å². The maximum atomic E-state index is 6.03. The van der Waals surface area contributed by atoms with Crippen LogP contribution in [-0.2, 0) is 6.42 Å². The molecule has 0 radical (unpaired) electrons. The Balaban J connectivity index is 3.02. The van der Waals surface area contributed by atoms with Crippen molar-refractivity contribution >= 4 is 0 Å². The van der Waals surface area contributed by atoms with Crippen LogP contribution in [0.1, 0.15) is 44.7 Å². The Hall–Kier alpha value is -1.02. The maximum absolute atomic E-state index is 6.03. The Kier molecular flexibility index (Phi) is 3.98. The molecular weight excluding hydrogens is 198 g/mol. The van der Waals surface area contributed by atoms with Gasteiger partial charge in [-0.05, 0) is 43.4 Å². The van der Waals surface area contributed by atoms with Crippen LogP contribution in [0, 0.1) is 0 Å². The molecule has 1 rings (SSSR count). The minimum absolute atomic E-state index is 0.164. The van der Waals surface area contributed by atoms with E-state index in [1.807, 2.05) is 19.9 Å². The molecule has 2 heteroatoms. The van der Waals surface area contributed by atoms with Crippen LogP contribution in [0.2, 0.25) is 0 Å². The van der Waals surface area contributed by atoms with Gasteiger partial charge < -0.3 is 10.5 Å². The van der Waals surface area contributed by atoms with Crippen molar-refractivity contribution in [1.82, 2.24) is 0 Å². The average molecular weight is 221 g/mol. The van der Waals surface area contributed by atoms with E-state index in [4.69, 9.17) is 10.5 Å². The highest BCUT2D eigenvalue weighted by atomic mass is 16.5. The zero-order chi connectivity index (χ0) is 12.3. The number of methoxy groups -OCH3 is 1. The topological polar surface area (TPSA) is 35.2 Å². The van der Waals surface area contributed by atoms with Crippen LogP contribution < -0.4 is 10.5 Å². The number of benzene rings is 1. The van der Waals surface area contributed by atoms with Crippen LogP contribution in [-0.4, -0.2) is 12.6 Å². The molecule has 0 unspecified atom stereocenters. The van der Waals surface area contributed by atoms with Crippen molar-refractivity contribution < 1.29 is 4.74 Å². The predicted octanol–water partition coefficient (Wildman–Crippen LogP) is 3.10. The van der Waals surface area contributed by atoms with E-state index in [0.29, 0.717) is 5.92 Å². The Labute approximate surface area is 98.8 Å². The van der Waals surface area contributed by atoms with Crippen LogP contribution in [0.25, 0.3) is 0 Å². The van der Waals surface area contributed by atoms with Crippen molar-refractivity contribution in [3.05, 3.63) is 29.3 Å². The summed E-state index contributed by atoms with van der Waals surface area (Å²) < 4.78 is 5.36. The molecule has 0 aliphatic carbocycles. The van der Waals surface area contributed by atoms with E-state index in [2.05, 4.69) is 26.0 Å². The highest BCUT2D eigenvalue weighted by molar-refractivity contribution is 5.39. The fourth-order valence-electron chi connectivity index (χ4n) is 1.87. The van der Waals surface area contributed by atoms with Gasteiger partial charge in [-0.25, -0.2) is 0 Å². The molecule has 0 saturated carbocycles. The lowest BCUT2D eigenvalue weighted by Gasteiger charge is -2.20. The lowest BCUT2D eigenvalue weighted by molar-refractivity contribution is 0.407. The average Bonchev–Trinajstić information content (AvgIpc) is 2.15. The molecule has 0 aromatic heterocycles. The largest absolute Gasteiger partial charge is 0.496 e. The fourth-order valence-corrected chi connectivity index (χ4v) is 1.87. The molecule has 0 saturated heterocycles. The van der Waals surface area contributed by atoms with Crippen LogP contribution in [0.4, 0.5) is 0 Å². The van der Waals surface area contributed by atoms with Crippen LogP contribution >= 0.6 is 0 Å². The number of rotatable bonds is 4. The summed E-state index contributed by atoms with van der Waals surface area (Å²) in [5.41, 5.74) is 8.40. The van der Waals surface area contributed by atoms with Crippen molar-refractivity contribution in [1.29, 1.82) is 0 Å².